The molecule has 0 spiro atoms. The highest BCUT2D eigenvalue weighted by Gasteiger charge is 2.09. The van der Waals surface area contributed by atoms with Gasteiger partial charge in [0.25, 0.3) is 0 Å². The first kappa shape index (κ1) is 13.2. The van der Waals surface area contributed by atoms with Gasteiger partial charge >= 0.3 is 5.97 Å². The maximum atomic E-state index is 11.2. The number of hydrogen-bond donors (Lipinski definition) is 1. The van der Waals surface area contributed by atoms with E-state index >= 15 is 0 Å². The van der Waals surface area contributed by atoms with Gasteiger partial charge in [-0.1, -0.05) is 11.6 Å². The van der Waals surface area contributed by atoms with Crippen LogP contribution in [0.2, 0.25) is 0 Å². The largest absolute Gasteiger partial charge is 0.466 e. The molecule has 92 valence electrons. The molecule has 0 aromatic heterocycles. The van der Waals surface area contributed by atoms with E-state index < -0.39 is 0 Å². The van der Waals surface area contributed by atoms with E-state index in [1.54, 1.807) is 5.57 Å². The highest BCUT2D eigenvalue weighted by Crippen LogP contribution is 2.19. The maximum absolute atomic E-state index is 11.2. The van der Waals surface area contributed by atoms with Gasteiger partial charge in [0.2, 0.25) is 0 Å². The van der Waals surface area contributed by atoms with Gasteiger partial charge in [0.15, 0.2) is 0 Å². The van der Waals surface area contributed by atoms with Gasteiger partial charge < -0.3 is 10.1 Å². The summed E-state index contributed by atoms with van der Waals surface area (Å²) in [5.74, 6) is -0.109. The summed E-state index contributed by atoms with van der Waals surface area (Å²) in [6, 6.07) is 0.209. The topological polar surface area (TPSA) is 38.3 Å². The van der Waals surface area contributed by atoms with E-state index in [9.17, 15) is 4.79 Å². The molecule has 0 aromatic rings. The normalized spacial score (nSPS) is 17.0. The van der Waals surface area contributed by atoms with E-state index in [0.717, 1.165) is 13.0 Å². The van der Waals surface area contributed by atoms with Gasteiger partial charge in [-0.3, -0.25) is 4.79 Å². The molecule has 0 saturated heterocycles. The van der Waals surface area contributed by atoms with Crippen molar-refractivity contribution in [3.8, 4) is 0 Å². The molecule has 0 radical (unpaired) electrons. The van der Waals surface area contributed by atoms with Crippen LogP contribution in [0.5, 0.6) is 0 Å². The third-order valence-electron chi connectivity index (χ3n) is 2.85. The Morgan fingerprint density at radius 3 is 3.06 bits per heavy atom. The van der Waals surface area contributed by atoms with Gasteiger partial charge in [-0.15, -0.1) is 0 Å². The quantitative estimate of drug-likeness (QED) is 0.534. The van der Waals surface area contributed by atoms with Crippen molar-refractivity contribution in [2.45, 2.75) is 52.0 Å². The van der Waals surface area contributed by atoms with Crippen molar-refractivity contribution in [3.05, 3.63) is 11.6 Å². The molecule has 3 heteroatoms. The monoisotopic (exact) mass is 225 g/mol. The minimum absolute atomic E-state index is 0.109. The Kier molecular flexibility index (Phi) is 6.16. The molecule has 0 saturated carbocycles. The molecule has 0 fully saturated rings. The van der Waals surface area contributed by atoms with E-state index in [4.69, 9.17) is 4.74 Å². The Balaban J connectivity index is 2.05. The average Bonchev–Trinajstić information content (AvgIpc) is 2.70. The van der Waals surface area contributed by atoms with Gasteiger partial charge in [-0.25, -0.2) is 0 Å². The van der Waals surface area contributed by atoms with Crippen molar-refractivity contribution < 1.29 is 9.53 Å². The third-order valence-corrected chi connectivity index (χ3v) is 2.85. The summed E-state index contributed by atoms with van der Waals surface area (Å²) in [4.78, 5) is 11.2. The Morgan fingerprint density at radius 2 is 2.44 bits per heavy atom. The third kappa shape index (κ3) is 5.31. The number of carbonyl (C=O) groups is 1. The zero-order chi connectivity index (χ0) is 11.8. The molecule has 1 N–H and O–H groups in total. The first-order valence-corrected chi connectivity index (χ1v) is 6.29. The Hall–Kier alpha value is -0.830. The molecule has 0 aromatic carbocycles. The fraction of sp³-hybridized carbons (Fsp3) is 0.769. The second-order valence-electron chi connectivity index (χ2n) is 4.37. The van der Waals surface area contributed by atoms with Crippen molar-refractivity contribution in [3.63, 3.8) is 0 Å². The first-order valence-electron chi connectivity index (χ1n) is 6.29. The van der Waals surface area contributed by atoms with Gasteiger partial charge in [0, 0.05) is 6.04 Å². The van der Waals surface area contributed by atoms with Crippen LogP contribution in [0.1, 0.15) is 46.0 Å². The highest BCUT2D eigenvalue weighted by molar-refractivity contribution is 5.69. The lowest BCUT2D eigenvalue weighted by Crippen LogP contribution is -2.30. The Morgan fingerprint density at radius 1 is 1.62 bits per heavy atom. The zero-order valence-corrected chi connectivity index (χ0v) is 10.4. The van der Waals surface area contributed by atoms with Crippen LogP contribution in [-0.2, 0) is 9.53 Å². The van der Waals surface area contributed by atoms with Crippen molar-refractivity contribution in [1.29, 1.82) is 0 Å². The molecule has 1 aliphatic carbocycles. The summed E-state index contributed by atoms with van der Waals surface area (Å²) in [6.07, 6.45) is 7.74. The maximum Gasteiger partial charge on any atom is 0.307 e. The minimum Gasteiger partial charge on any atom is -0.466 e. The second-order valence-corrected chi connectivity index (χ2v) is 4.37. The average molecular weight is 225 g/mol. The molecular weight excluding hydrogens is 202 g/mol. The number of esters is 1. The van der Waals surface area contributed by atoms with E-state index in [1.165, 1.54) is 19.3 Å². The van der Waals surface area contributed by atoms with Crippen LogP contribution in [-0.4, -0.2) is 25.2 Å². The minimum atomic E-state index is -0.109. The van der Waals surface area contributed by atoms with Crippen LogP contribution in [0.25, 0.3) is 0 Å². The van der Waals surface area contributed by atoms with Gasteiger partial charge in [-0.05, 0) is 46.1 Å². The molecule has 0 amide bonds. The second kappa shape index (κ2) is 7.44. The summed E-state index contributed by atoms with van der Waals surface area (Å²) in [5, 5.41) is 3.36. The number of hydrogen-bond acceptors (Lipinski definition) is 3. The summed E-state index contributed by atoms with van der Waals surface area (Å²) in [6.45, 7) is 5.30. The SMILES string of the molecule is CCOC(=O)CC(C)NCCC1=CCCC1. The Bertz CT molecular complexity index is 248. The van der Waals surface area contributed by atoms with E-state index in [-0.39, 0.29) is 12.0 Å². The van der Waals surface area contributed by atoms with Crippen LogP contribution in [0.3, 0.4) is 0 Å². The zero-order valence-electron chi connectivity index (χ0n) is 10.4. The molecule has 16 heavy (non-hydrogen) atoms. The molecule has 3 nitrogen and oxygen atoms in total. The number of nitrogens with one attached hydrogen (secondary N) is 1. The van der Waals surface area contributed by atoms with E-state index in [2.05, 4.69) is 11.4 Å². The van der Waals surface area contributed by atoms with Gasteiger partial charge in [0.1, 0.15) is 0 Å². The predicted molar refractivity (Wildman–Crippen MR) is 65.3 cm³/mol. The summed E-state index contributed by atoms with van der Waals surface area (Å²) in [7, 11) is 0. The fourth-order valence-corrected chi connectivity index (χ4v) is 1.99. The van der Waals surface area contributed by atoms with Crippen molar-refractivity contribution >= 4 is 5.97 Å². The molecule has 0 heterocycles. The Labute approximate surface area is 98.2 Å². The van der Waals surface area contributed by atoms with Gasteiger partial charge in [-0.2, -0.15) is 0 Å². The molecule has 0 bridgehead atoms. The number of carbonyl (C=O) groups excluding carboxylic acids is 1. The molecule has 1 aliphatic rings. The molecule has 1 unspecified atom stereocenters. The summed E-state index contributed by atoms with van der Waals surface area (Å²) < 4.78 is 4.90. The lowest BCUT2D eigenvalue weighted by atomic mass is 10.1. The molecule has 0 aliphatic heterocycles. The lowest BCUT2D eigenvalue weighted by Gasteiger charge is -2.13. The number of rotatable bonds is 7. The predicted octanol–water partition coefficient (Wildman–Crippen LogP) is 2.42. The van der Waals surface area contributed by atoms with E-state index in [0.29, 0.717) is 13.0 Å². The van der Waals surface area contributed by atoms with Crippen molar-refractivity contribution in [2.24, 2.45) is 0 Å². The van der Waals surface area contributed by atoms with Crippen LogP contribution in [0, 0.1) is 0 Å². The summed E-state index contributed by atoms with van der Waals surface area (Å²) >= 11 is 0. The molecule has 1 atom stereocenters. The number of ether oxygens (including phenoxy) is 1. The van der Waals surface area contributed by atoms with E-state index in [1.807, 2.05) is 13.8 Å². The van der Waals surface area contributed by atoms with Crippen LogP contribution >= 0.6 is 0 Å². The van der Waals surface area contributed by atoms with Crippen LogP contribution in [0.15, 0.2) is 11.6 Å². The van der Waals surface area contributed by atoms with Crippen LogP contribution < -0.4 is 5.32 Å². The first-order chi connectivity index (χ1) is 7.72. The smallest absolute Gasteiger partial charge is 0.307 e. The number of allylic oxidation sites excluding steroid dienone is 1. The lowest BCUT2D eigenvalue weighted by molar-refractivity contribution is -0.143. The molecule has 1 rings (SSSR count). The van der Waals surface area contributed by atoms with Gasteiger partial charge in [0.05, 0.1) is 13.0 Å². The highest BCUT2D eigenvalue weighted by atomic mass is 16.5. The summed E-state index contributed by atoms with van der Waals surface area (Å²) in [5.41, 5.74) is 1.57. The molecular formula is C13H23NO2. The fourth-order valence-electron chi connectivity index (χ4n) is 1.99. The van der Waals surface area contributed by atoms with Crippen LogP contribution in [0.4, 0.5) is 0 Å². The van der Waals surface area contributed by atoms with Crippen molar-refractivity contribution in [1.82, 2.24) is 5.32 Å². The van der Waals surface area contributed by atoms with Crippen molar-refractivity contribution in [2.75, 3.05) is 13.2 Å². The standard InChI is InChI=1S/C13H23NO2/c1-3-16-13(15)10-11(2)14-9-8-12-6-4-5-7-12/h6,11,14H,3-5,7-10H2,1-2H3.